The lowest BCUT2D eigenvalue weighted by molar-refractivity contribution is -0.145. The van der Waals surface area contributed by atoms with Crippen LogP contribution in [0.3, 0.4) is 0 Å². The zero-order valence-electron chi connectivity index (χ0n) is 11.6. The van der Waals surface area contributed by atoms with Crippen LogP contribution in [0.25, 0.3) is 0 Å². The maximum Gasteiger partial charge on any atom is 0.320 e. The van der Waals surface area contributed by atoms with Crippen molar-refractivity contribution in [2.75, 3.05) is 26.8 Å². The molecule has 0 aromatic heterocycles. The van der Waals surface area contributed by atoms with E-state index >= 15 is 0 Å². The van der Waals surface area contributed by atoms with E-state index in [9.17, 15) is 4.79 Å². The second-order valence-corrected chi connectivity index (χ2v) is 4.70. The number of rotatable bonds is 7. The third-order valence-corrected chi connectivity index (χ3v) is 3.45. The average molecular weight is 255 g/mol. The van der Waals surface area contributed by atoms with Crippen LogP contribution in [0.1, 0.15) is 32.6 Å². The van der Waals surface area contributed by atoms with Gasteiger partial charge in [0.1, 0.15) is 0 Å². The number of esters is 1. The van der Waals surface area contributed by atoms with E-state index in [-0.39, 0.29) is 5.97 Å². The molecular weight excluding hydrogens is 230 g/mol. The van der Waals surface area contributed by atoms with Crippen molar-refractivity contribution in [2.45, 2.75) is 44.8 Å². The minimum absolute atomic E-state index is 0.154. The van der Waals surface area contributed by atoms with E-state index < -0.39 is 0 Å². The van der Waals surface area contributed by atoms with E-state index in [1.54, 1.807) is 7.11 Å². The largest absolute Gasteiger partial charge is 0.465 e. The van der Waals surface area contributed by atoms with Gasteiger partial charge in [-0.05, 0) is 32.6 Å². The molecule has 1 fully saturated rings. The summed E-state index contributed by atoms with van der Waals surface area (Å²) in [6, 6.07) is 0.395. The highest BCUT2D eigenvalue weighted by Crippen LogP contribution is 2.24. The highest BCUT2D eigenvalue weighted by Gasteiger charge is 2.27. The summed E-state index contributed by atoms with van der Waals surface area (Å²) < 4.78 is 10.5. The molecule has 1 rings (SSSR count). The number of hydrogen-bond acceptors (Lipinski definition) is 4. The Balaban J connectivity index is 2.53. The van der Waals surface area contributed by atoms with Crippen LogP contribution in [-0.4, -0.2) is 49.8 Å². The Bertz CT molecular complexity index is 268. The Morgan fingerprint density at radius 2 is 2.28 bits per heavy atom. The summed E-state index contributed by atoms with van der Waals surface area (Å²) in [5, 5.41) is 0. The Morgan fingerprint density at radius 1 is 1.50 bits per heavy atom. The molecule has 4 nitrogen and oxygen atoms in total. The third-order valence-electron chi connectivity index (χ3n) is 3.45. The molecule has 0 aliphatic heterocycles. The van der Waals surface area contributed by atoms with Gasteiger partial charge in [0.05, 0.1) is 19.3 Å². The summed E-state index contributed by atoms with van der Waals surface area (Å²) in [4.78, 5) is 13.7. The summed E-state index contributed by atoms with van der Waals surface area (Å²) in [5.74, 6) is -0.154. The molecule has 2 atom stereocenters. The lowest BCUT2D eigenvalue weighted by Crippen LogP contribution is -2.43. The molecule has 0 heterocycles. The standard InChI is InChI=1S/C14H25NO3/c1-4-9-15(11-14(16)18-5-2)12-7-6-8-13(10-12)17-3/h4,12-13H,1,5-11H2,2-3H3. The maximum absolute atomic E-state index is 11.6. The van der Waals surface area contributed by atoms with Gasteiger partial charge >= 0.3 is 5.97 Å². The van der Waals surface area contributed by atoms with Crippen LogP contribution in [0.2, 0.25) is 0 Å². The Hall–Kier alpha value is -0.870. The molecule has 2 unspecified atom stereocenters. The van der Waals surface area contributed by atoms with Gasteiger partial charge < -0.3 is 9.47 Å². The van der Waals surface area contributed by atoms with Gasteiger partial charge in [-0.25, -0.2) is 0 Å². The van der Waals surface area contributed by atoms with Gasteiger partial charge in [-0.2, -0.15) is 0 Å². The van der Waals surface area contributed by atoms with Crippen LogP contribution >= 0.6 is 0 Å². The van der Waals surface area contributed by atoms with Gasteiger partial charge in [-0.3, -0.25) is 9.69 Å². The molecular formula is C14H25NO3. The number of carbonyl (C=O) groups is 1. The highest BCUT2D eigenvalue weighted by atomic mass is 16.5. The number of carbonyl (C=O) groups excluding carboxylic acids is 1. The normalized spacial score (nSPS) is 23.9. The van der Waals surface area contributed by atoms with Crippen molar-refractivity contribution in [1.82, 2.24) is 4.90 Å². The Morgan fingerprint density at radius 3 is 2.89 bits per heavy atom. The van der Waals surface area contributed by atoms with Gasteiger partial charge in [-0.15, -0.1) is 6.58 Å². The van der Waals surface area contributed by atoms with Crippen molar-refractivity contribution in [3.63, 3.8) is 0 Å². The van der Waals surface area contributed by atoms with E-state index in [4.69, 9.17) is 9.47 Å². The van der Waals surface area contributed by atoms with E-state index in [2.05, 4.69) is 11.5 Å². The first kappa shape index (κ1) is 15.2. The van der Waals surface area contributed by atoms with Gasteiger partial charge in [-0.1, -0.05) is 6.08 Å². The van der Waals surface area contributed by atoms with Gasteiger partial charge in [0.15, 0.2) is 0 Å². The van der Waals surface area contributed by atoms with Gasteiger partial charge in [0.25, 0.3) is 0 Å². The van der Waals surface area contributed by atoms with Crippen LogP contribution in [0, 0.1) is 0 Å². The smallest absolute Gasteiger partial charge is 0.320 e. The molecule has 0 radical (unpaired) electrons. The van der Waals surface area contributed by atoms with Crippen molar-refractivity contribution in [3.05, 3.63) is 12.7 Å². The van der Waals surface area contributed by atoms with Crippen molar-refractivity contribution in [2.24, 2.45) is 0 Å². The Kier molecular flexibility index (Phi) is 6.98. The molecule has 0 spiro atoms. The number of methoxy groups -OCH3 is 1. The molecule has 0 aromatic carbocycles. The molecule has 0 N–H and O–H groups in total. The summed E-state index contributed by atoms with van der Waals surface area (Å²) in [5.41, 5.74) is 0. The van der Waals surface area contributed by atoms with E-state index in [0.29, 0.717) is 25.3 Å². The van der Waals surface area contributed by atoms with Crippen molar-refractivity contribution in [3.8, 4) is 0 Å². The predicted molar refractivity (Wildman–Crippen MR) is 71.5 cm³/mol. The molecule has 0 aromatic rings. The fraction of sp³-hybridized carbons (Fsp3) is 0.786. The molecule has 0 saturated heterocycles. The average Bonchev–Trinajstić information content (AvgIpc) is 2.38. The minimum Gasteiger partial charge on any atom is -0.465 e. The summed E-state index contributed by atoms with van der Waals surface area (Å²) in [7, 11) is 1.76. The quantitative estimate of drug-likeness (QED) is 0.515. The van der Waals surface area contributed by atoms with E-state index in [1.165, 1.54) is 0 Å². The SMILES string of the molecule is C=CCN(CC(=O)OCC)C1CCCC(OC)C1. The molecule has 104 valence electrons. The highest BCUT2D eigenvalue weighted by molar-refractivity contribution is 5.71. The fourth-order valence-electron chi connectivity index (χ4n) is 2.55. The minimum atomic E-state index is -0.154. The molecule has 4 heteroatoms. The molecule has 1 aliphatic carbocycles. The number of nitrogens with zero attached hydrogens (tertiary/aromatic N) is 1. The van der Waals surface area contributed by atoms with Crippen LogP contribution in [0.15, 0.2) is 12.7 Å². The number of hydrogen-bond donors (Lipinski definition) is 0. The monoisotopic (exact) mass is 255 g/mol. The zero-order chi connectivity index (χ0) is 13.4. The summed E-state index contributed by atoms with van der Waals surface area (Å²) in [6.07, 6.45) is 6.54. The van der Waals surface area contributed by atoms with E-state index in [0.717, 1.165) is 32.2 Å². The topological polar surface area (TPSA) is 38.8 Å². The lowest BCUT2D eigenvalue weighted by atomic mass is 9.91. The summed E-state index contributed by atoms with van der Waals surface area (Å²) in [6.45, 7) is 7.10. The Labute approximate surface area is 110 Å². The second kappa shape index (κ2) is 8.27. The van der Waals surface area contributed by atoms with Crippen molar-refractivity contribution in [1.29, 1.82) is 0 Å². The van der Waals surface area contributed by atoms with Gasteiger partial charge in [0.2, 0.25) is 0 Å². The van der Waals surface area contributed by atoms with Crippen LogP contribution in [0.4, 0.5) is 0 Å². The van der Waals surface area contributed by atoms with Gasteiger partial charge in [0, 0.05) is 19.7 Å². The first-order valence-electron chi connectivity index (χ1n) is 6.74. The predicted octanol–water partition coefficient (Wildman–Crippen LogP) is 2.00. The first-order chi connectivity index (χ1) is 8.71. The van der Waals surface area contributed by atoms with Crippen molar-refractivity contribution >= 4 is 5.97 Å². The lowest BCUT2D eigenvalue weighted by Gasteiger charge is -2.36. The van der Waals surface area contributed by atoms with Crippen LogP contribution in [-0.2, 0) is 14.3 Å². The maximum atomic E-state index is 11.6. The van der Waals surface area contributed by atoms with Crippen molar-refractivity contribution < 1.29 is 14.3 Å². The third kappa shape index (κ3) is 4.78. The second-order valence-electron chi connectivity index (χ2n) is 4.70. The van der Waals surface area contributed by atoms with Crippen LogP contribution in [0.5, 0.6) is 0 Å². The molecule has 0 bridgehead atoms. The molecule has 1 saturated carbocycles. The fourth-order valence-corrected chi connectivity index (χ4v) is 2.55. The van der Waals surface area contributed by atoms with Crippen LogP contribution < -0.4 is 0 Å². The molecule has 1 aliphatic rings. The van der Waals surface area contributed by atoms with E-state index in [1.807, 2.05) is 13.0 Å². The molecule has 18 heavy (non-hydrogen) atoms. The first-order valence-corrected chi connectivity index (χ1v) is 6.74. The molecule has 0 amide bonds. The zero-order valence-corrected chi connectivity index (χ0v) is 11.6. The number of ether oxygens (including phenoxy) is 2. The summed E-state index contributed by atoms with van der Waals surface area (Å²) >= 11 is 0.